The number of rotatable bonds is 5. The normalized spacial score (nSPS) is 18.2. The van der Waals surface area contributed by atoms with Gasteiger partial charge in [-0.25, -0.2) is 9.97 Å². The van der Waals surface area contributed by atoms with Crippen LogP contribution in [0.15, 0.2) is 54.2 Å². The Morgan fingerprint density at radius 1 is 1.00 bits per heavy atom. The van der Waals surface area contributed by atoms with Crippen molar-refractivity contribution in [2.24, 2.45) is 5.92 Å². The molecular weight excluding hydrogens is 470 g/mol. The van der Waals surface area contributed by atoms with Crippen molar-refractivity contribution in [1.29, 1.82) is 0 Å². The Morgan fingerprint density at radius 2 is 1.81 bits per heavy atom. The Labute approximate surface area is 214 Å². The molecule has 0 aromatic carbocycles. The molecule has 36 heavy (non-hydrogen) atoms. The largest absolute Gasteiger partial charge is 0.391 e. The first kappa shape index (κ1) is 23.1. The van der Waals surface area contributed by atoms with Gasteiger partial charge in [-0.1, -0.05) is 6.07 Å². The summed E-state index contributed by atoms with van der Waals surface area (Å²) in [7, 11) is 0. The van der Waals surface area contributed by atoms with Gasteiger partial charge in [0.1, 0.15) is 11.2 Å². The highest BCUT2D eigenvalue weighted by Crippen LogP contribution is 2.33. The average Bonchev–Trinajstić information content (AvgIpc) is 3.52. The van der Waals surface area contributed by atoms with Crippen molar-refractivity contribution in [3.8, 4) is 11.5 Å². The van der Waals surface area contributed by atoms with Crippen molar-refractivity contribution in [2.75, 3.05) is 31.9 Å². The molecule has 1 amide bonds. The van der Waals surface area contributed by atoms with Gasteiger partial charge in [0.05, 0.1) is 5.00 Å². The molecule has 2 saturated heterocycles. The fourth-order valence-corrected chi connectivity index (χ4v) is 6.28. The van der Waals surface area contributed by atoms with Gasteiger partial charge in [-0.05, 0) is 80.0 Å². The maximum atomic E-state index is 13.4. The lowest BCUT2D eigenvalue weighted by molar-refractivity contribution is -0.138. The summed E-state index contributed by atoms with van der Waals surface area (Å²) in [5.74, 6) is 1.31. The van der Waals surface area contributed by atoms with Crippen LogP contribution in [0.3, 0.4) is 0 Å². The number of amides is 1. The molecule has 4 aromatic rings. The number of aromatic nitrogens is 4. The number of thiophene rings is 1. The van der Waals surface area contributed by atoms with Crippen molar-refractivity contribution >= 4 is 33.4 Å². The van der Waals surface area contributed by atoms with Crippen LogP contribution in [-0.2, 0) is 11.3 Å². The topological polar surface area (TPSA) is 93.2 Å². The third-order valence-corrected chi connectivity index (χ3v) is 8.31. The number of nitrogen functional groups attached to an aromatic ring is 1. The highest BCUT2D eigenvalue weighted by Gasteiger charge is 2.32. The van der Waals surface area contributed by atoms with Crippen molar-refractivity contribution in [3.63, 3.8) is 0 Å². The predicted octanol–water partition coefficient (Wildman–Crippen LogP) is 4.21. The minimum Gasteiger partial charge on any atom is -0.391 e. The Hall–Kier alpha value is -3.30. The highest BCUT2D eigenvalue weighted by molar-refractivity contribution is 7.14. The number of piperidine rings is 2. The summed E-state index contributed by atoms with van der Waals surface area (Å²) in [6.45, 7) is 4.38. The van der Waals surface area contributed by atoms with Crippen molar-refractivity contribution in [1.82, 2.24) is 29.3 Å². The third-order valence-electron chi connectivity index (χ3n) is 7.50. The van der Waals surface area contributed by atoms with Crippen LogP contribution in [-0.4, -0.2) is 61.4 Å². The SMILES string of the molecule is Nc1cc(CN2CCC(C(=O)N3CCC(n4c(-c5ccccn5)nc5cccnc54)CC3)CC2)cs1. The molecule has 2 fully saturated rings. The quantitative estimate of drug-likeness (QED) is 0.440. The summed E-state index contributed by atoms with van der Waals surface area (Å²) in [6, 6.07) is 12.1. The molecule has 0 bridgehead atoms. The molecule has 2 N–H and O–H groups in total. The fraction of sp³-hybridized carbons (Fsp3) is 0.407. The summed E-state index contributed by atoms with van der Waals surface area (Å²) in [4.78, 5) is 32.0. The predicted molar refractivity (Wildman–Crippen MR) is 142 cm³/mol. The number of hydrogen-bond acceptors (Lipinski definition) is 7. The summed E-state index contributed by atoms with van der Waals surface area (Å²) in [5, 5.41) is 3.00. The Bertz CT molecular complexity index is 1330. The van der Waals surface area contributed by atoms with E-state index in [0.29, 0.717) is 5.91 Å². The Kier molecular flexibility index (Phi) is 6.41. The standard InChI is InChI=1S/C27H31N7OS/c28-24-16-19(18-36-24)17-32-12-6-20(7-13-32)27(35)33-14-8-21(9-15-33)34-25-23(5-3-11-30-25)31-26(34)22-4-1-2-10-29-22/h1-5,10-11,16,18,20-21H,6-9,12-15,17,28H2. The van der Waals surface area contributed by atoms with Gasteiger partial charge in [0.15, 0.2) is 11.5 Å². The molecule has 8 nitrogen and oxygen atoms in total. The molecule has 0 radical (unpaired) electrons. The molecule has 9 heteroatoms. The highest BCUT2D eigenvalue weighted by atomic mass is 32.1. The fourth-order valence-electron chi connectivity index (χ4n) is 5.63. The second kappa shape index (κ2) is 9.99. The van der Waals surface area contributed by atoms with Crippen molar-refractivity contribution in [3.05, 3.63) is 59.7 Å². The van der Waals surface area contributed by atoms with E-state index in [4.69, 9.17) is 10.7 Å². The minimum absolute atomic E-state index is 0.130. The van der Waals surface area contributed by atoms with E-state index in [2.05, 4.69) is 35.8 Å². The summed E-state index contributed by atoms with van der Waals surface area (Å²) in [5.41, 5.74) is 9.77. The number of nitrogens with zero attached hydrogens (tertiary/aromatic N) is 6. The molecule has 0 saturated carbocycles. The Morgan fingerprint density at radius 3 is 2.53 bits per heavy atom. The molecule has 4 aromatic heterocycles. The van der Waals surface area contributed by atoms with E-state index in [-0.39, 0.29) is 12.0 Å². The van der Waals surface area contributed by atoms with Crippen molar-refractivity contribution < 1.29 is 4.79 Å². The molecule has 6 heterocycles. The van der Waals surface area contributed by atoms with Gasteiger partial charge in [-0.3, -0.25) is 14.7 Å². The first-order chi connectivity index (χ1) is 17.7. The second-order valence-corrected chi connectivity index (χ2v) is 10.8. The van der Waals surface area contributed by atoms with Crippen LogP contribution in [0.2, 0.25) is 0 Å². The average molecular weight is 502 g/mol. The molecule has 2 aliphatic rings. The van der Waals surface area contributed by atoms with Crippen LogP contribution in [0, 0.1) is 5.92 Å². The van der Waals surface area contributed by atoms with E-state index in [1.54, 1.807) is 17.5 Å². The molecule has 0 aliphatic carbocycles. The number of carbonyl (C=O) groups is 1. The first-order valence-corrected chi connectivity index (χ1v) is 13.6. The molecular formula is C27H31N7OS. The monoisotopic (exact) mass is 501 g/mol. The van der Waals surface area contributed by atoms with E-state index in [1.165, 1.54) is 5.56 Å². The van der Waals surface area contributed by atoms with Gasteiger partial charge in [-0.15, -0.1) is 11.3 Å². The van der Waals surface area contributed by atoms with E-state index >= 15 is 0 Å². The van der Waals surface area contributed by atoms with Crippen molar-refractivity contribution in [2.45, 2.75) is 38.3 Å². The van der Waals surface area contributed by atoms with Crippen LogP contribution < -0.4 is 5.73 Å². The third kappa shape index (κ3) is 4.60. The number of anilines is 1. The van der Waals surface area contributed by atoms with Crippen LogP contribution in [0.4, 0.5) is 5.00 Å². The summed E-state index contributed by atoms with van der Waals surface area (Å²) < 4.78 is 2.25. The number of fused-ring (bicyclic) bond motifs is 1. The minimum atomic E-state index is 0.130. The first-order valence-electron chi connectivity index (χ1n) is 12.7. The molecule has 0 spiro atoms. The molecule has 186 valence electrons. The Balaban J connectivity index is 1.10. The number of hydrogen-bond donors (Lipinski definition) is 1. The molecule has 6 rings (SSSR count). The molecule has 2 aliphatic heterocycles. The van der Waals surface area contributed by atoms with E-state index in [9.17, 15) is 4.79 Å². The zero-order valence-electron chi connectivity index (χ0n) is 20.3. The van der Waals surface area contributed by atoms with Gasteiger partial charge in [0.2, 0.25) is 5.91 Å². The van der Waals surface area contributed by atoms with Crippen LogP contribution in [0.25, 0.3) is 22.7 Å². The lowest BCUT2D eigenvalue weighted by Crippen LogP contribution is -2.45. The van der Waals surface area contributed by atoms with Crippen LogP contribution in [0.5, 0.6) is 0 Å². The van der Waals surface area contributed by atoms with Gasteiger partial charge >= 0.3 is 0 Å². The maximum Gasteiger partial charge on any atom is 0.225 e. The van der Waals surface area contributed by atoms with E-state index in [0.717, 1.165) is 86.1 Å². The smallest absolute Gasteiger partial charge is 0.225 e. The van der Waals surface area contributed by atoms with Crippen LogP contribution >= 0.6 is 11.3 Å². The van der Waals surface area contributed by atoms with Crippen LogP contribution in [0.1, 0.15) is 37.3 Å². The van der Waals surface area contributed by atoms with E-state index in [1.807, 2.05) is 36.5 Å². The molecule has 0 atom stereocenters. The van der Waals surface area contributed by atoms with Gasteiger partial charge in [0, 0.05) is 44.0 Å². The lowest BCUT2D eigenvalue weighted by Gasteiger charge is -2.37. The zero-order chi connectivity index (χ0) is 24.5. The van der Waals surface area contributed by atoms with E-state index < -0.39 is 0 Å². The second-order valence-electron chi connectivity index (χ2n) is 9.83. The molecule has 0 unspecified atom stereocenters. The number of imidazole rings is 1. The van der Waals surface area contributed by atoms with Gasteiger partial charge < -0.3 is 15.2 Å². The number of pyridine rings is 2. The zero-order valence-corrected chi connectivity index (χ0v) is 21.1. The van der Waals surface area contributed by atoms with Gasteiger partial charge in [0.25, 0.3) is 0 Å². The number of likely N-dealkylation sites (tertiary alicyclic amines) is 2. The number of carbonyl (C=O) groups excluding carboxylic acids is 1. The number of nitrogens with two attached hydrogens (primary N) is 1. The maximum absolute atomic E-state index is 13.4. The van der Waals surface area contributed by atoms with Gasteiger partial charge in [-0.2, -0.15) is 0 Å². The summed E-state index contributed by atoms with van der Waals surface area (Å²) in [6.07, 6.45) is 7.27. The lowest BCUT2D eigenvalue weighted by atomic mass is 9.93. The summed E-state index contributed by atoms with van der Waals surface area (Å²) >= 11 is 1.59.